The van der Waals surface area contributed by atoms with E-state index in [1.807, 2.05) is 13.1 Å². The fourth-order valence-corrected chi connectivity index (χ4v) is 1.88. The van der Waals surface area contributed by atoms with Crippen LogP contribution < -0.4 is 16.4 Å². The molecule has 0 aliphatic rings. The topological polar surface area (TPSA) is 72.3 Å². The van der Waals surface area contributed by atoms with Gasteiger partial charge in [0.15, 0.2) is 0 Å². The van der Waals surface area contributed by atoms with E-state index < -0.39 is 5.91 Å². The van der Waals surface area contributed by atoms with Gasteiger partial charge in [0, 0.05) is 18.7 Å². The molecule has 0 spiro atoms. The van der Waals surface area contributed by atoms with Crippen LogP contribution in [0.15, 0.2) is 18.2 Å². The number of rotatable bonds is 5. The zero-order valence-corrected chi connectivity index (χ0v) is 10.7. The second-order valence-corrected chi connectivity index (χ2v) is 4.39. The highest BCUT2D eigenvalue weighted by molar-refractivity contribution is 5.94. The van der Waals surface area contributed by atoms with Crippen molar-refractivity contribution in [3.05, 3.63) is 23.8 Å². The van der Waals surface area contributed by atoms with Crippen LogP contribution in [0, 0.1) is 0 Å². The summed E-state index contributed by atoms with van der Waals surface area (Å²) in [4.78, 5) is 13.2. The molecule has 1 unspecified atom stereocenters. The van der Waals surface area contributed by atoms with Crippen molar-refractivity contribution in [3.63, 3.8) is 0 Å². The first-order valence-electron chi connectivity index (χ1n) is 5.89. The molecular weight excluding hydrogens is 214 g/mol. The van der Waals surface area contributed by atoms with Crippen LogP contribution in [-0.4, -0.2) is 19.0 Å². The normalized spacial score (nSPS) is 12.2. The molecule has 0 saturated heterocycles. The van der Waals surface area contributed by atoms with Gasteiger partial charge in [0.05, 0.1) is 11.4 Å². The molecule has 0 fully saturated rings. The summed E-state index contributed by atoms with van der Waals surface area (Å²) in [7, 11) is 2.01. The van der Waals surface area contributed by atoms with Crippen molar-refractivity contribution in [1.82, 2.24) is 0 Å². The monoisotopic (exact) mass is 235 g/mol. The van der Waals surface area contributed by atoms with Crippen LogP contribution in [0.5, 0.6) is 0 Å². The minimum Gasteiger partial charge on any atom is -0.397 e. The van der Waals surface area contributed by atoms with E-state index in [1.54, 1.807) is 12.1 Å². The molecule has 0 heterocycles. The van der Waals surface area contributed by atoms with Gasteiger partial charge in [-0.1, -0.05) is 13.3 Å². The Morgan fingerprint density at radius 2 is 2.12 bits per heavy atom. The summed E-state index contributed by atoms with van der Waals surface area (Å²) in [6.45, 7) is 4.31. The smallest absolute Gasteiger partial charge is 0.248 e. The highest BCUT2D eigenvalue weighted by atomic mass is 16.1. The lowest BCUT2D eigenvalue weighted by Crippen LogP contribution is -2.29. The molecule has 0 aliphatic carbocycles. The van der Waals surface area contributed by atoms with Gasteiger partial charge in [0.1, 0.15) is 0 Å². The molecule has 1 atom stereocenters. The van der Waals surface area contributed by atoms with E-state index in [0.29, 0.717) is 17.3 Å². The molecule has 0 saturated carbocycles. The maximum Gasteiger partial charge on any atom is 0.248 e. The molecule has 1 aromatic rings. The molecule has 0 radical (unpaired) electrons. The van der Waals surface area contributed by atoms with Gasteiger partial charge in [-0.2, -0.15) is 0 Å². The first kappa shape index (κ1) is 13.4. The molecule has 0 aliphatic heterocycles. The number of carbonyl (C=O) groups excluding carboxylic acids is 1. The van der Waals surface area contributed by atoms with E-state index in [1.165, 1.54) is 0 Å². The minimum absolute atomic E-state index is 0.418. The van der Waals surface area contributed by atoms with Crippen LogP contribution in [0.4, 0.5) is 11.4 Å². The standard InChI is InChI=1S/C13H21N3O/c1-4-5-9(2)16(3)12-7-6-10(13(15)17)8-11(12)14/h6-9H,4-5,14H2,1-3H3,(H2,15,17). The summed E-state index contributed by atoms with van der Waals surface area (Å²) < 4.78 is 0. The molecule has 4 heteroatoms. The Bertz CT molecular complexity index is 404. The second-order valence-electron chi connectivity index (χ2n) is 4.39. The van der Waals surface area contributed by atoms with Gasteiger partial charge >= 0.3 is 0 Å². The summed E-state index contributed by atoms with van der Waals surface area (Å²) >= 11 is 0. The number of benzene rings is 1. The lowest BCUT2D eigenvalue weighted by atomic mass is 10.1. The number of anilines is 2. The van der Waals surface area contributed by atoms with E-state index in [9.17, 15) is 4.79 Å². The average molecular weight is 235 g/mol. The first-order valence-corrected chi connectivity index (χ1v) is 5.89. The van der Waals surface area contributed by atoms with Crippen molar-refractivity contribution >= 4 is 17.3 Å². The maximum absolute atomic E-state index is 11.0. The fourth-order valence-electron chi connectivity index (χ4n) is 1.88. The van der Waals surface area contributed by atoms with Gasteiger partial charge in [-0.3, -0.25) is 4.79 Å². The zero-order valence-electron chi connectivity index (χ0n) is 10.7. The van der Waals surface area contributed by atoms with Gasteiger partial charge in [-0.25, -0.2) is 0 Å². The fraction of sp³-hybridized carbons (Fsp3) is 0.462. The van der Waals surface area contributed by atoms with Gasteiger partial charge in [0.25, 0.3) is 0 Å². The summed E-state index contributed by atoms with van der Waals surface area (Å²) in [5.41, 5.74) is 13.1. The molecule has 1 aromatic carbocycles. The summed E-state index contributed by atoms with van der Waals surface area (Å²) in [6, 6.07) is 5.61. The van der Waals surface area contributed by atoms with Crippen LogP contribution in [0.25, 0.3) is 0 Å². The van der Waals surface area contributed by atoms with E-state index in [-0.39, 0.29) is 0 Å². The van der Waals surface area contributed by atoms with Crippen molar-refractivity contribution in [3.8, 4) is 0 Å². The molecule has 4 nitrogen and oxygen atoms in total. The Hall–Kier alpha value is -1.71. The van der Waals surface area contributed by atoms with Gasteiger partial charge < -0.3 is 16.4 Å². The Morgan fingerprint density at radius 3 is 2.59 bits per heavy atom. The van der Waals surface area contributed by atoms with Crippen LogP contribution >= 0.6 is 0 Å². The Morgan fingerprint density at radius 1 is 1.47 bits per heavy atom. The number of hydrogen-bond donors (Lipinski definition) is 2. The van der Waals surface area contributed by atoms with Crippen LogP contribution in [0.1, 0.15) is 37.0 Å². The van der Waals surface area contributed by atoms with Gasteiger partial charge in [-0.15, -0.1) is 0 Å². The summed E-state index contributed by atoms with van der Waals surface area (Å²) in [5.74, 6) is -0.451. The van der Waals surface area contributed by atoms with Gasteiger partial charge in [-0.05, 0) is 31.5 Å². The molecular formula is C13H21N3O. The van der Waals surface area contributed by atoms with Crippen molar-refractivity contribution in [2.45, 2.75) is 32.7 Å². The third-order valence-electron chi connectivity index (χ3n) is 3.06. The number of amides is 1. The lowest BCUT2D eigenvalue weighted by molar-refractivity contribution is 0.100. The Kier molecular flexibility index (Phi) is 4.37. The number of nitrogens with two attached hydrogens (primary N) is 2. The number of nitrogen functional groups attached to an aromatic ring is 1. The highest BCUT2D eigenvalue weighted by Crippen LogP contribution is 2.25. The summed E-state index contributed by atoms with van der Waals surface area (Å²) in [6.07, 6.45) is 2.23. The van der Waals surface area contributed by atoms with E-state index in [4.69, 9.17) is 11.5 Å². The van der Waals surface area contributed by atoms with Crippen molar-refractivity contribution in [2.24, 2.45) is 5.73 Å². The zero-order chi connectivity index (χ0) is 13.0. The van der Waals surface area contributed by atoms with Crippen molar-refractivity contribution in [2.75, 3.05) is 17.7 Å². The Labute approximate surface area is 103 Å². The van der Waals surface area contributed by atoms with E-state index in [0.717, 1.165) is 18.5 Å². The number of nitrogens with zero attached hydrogens (tertiary/aromatic N) is 1. The average Bonchev–Trinajstić information content (AvgIpc) is 2.28. The minimum atomic E-state index is -0.451. The van der Waals surface area contributed by atoms with Crippen molar-refractivity contribution in [1.29, 1.82) is 0 Å². The van der Waals surface area contributed by atoms with Gasteiger partial charge in [0.2, 0.25) is 5.91 Å². The molecule has 4 N–H and O–H groups in total. The SMILES string of the molecule is CCCC(C)N(C)c1ccc(C(N)=O)cc1N. The Balaban J connectivity index is 2.95. The maximum atomic E-state index is 11.0. The molecule has 94 valence electrons. The predicted molar refractivity (Wildman–Crippen MR) is 72.1 cm³/mol. The third-order valence-corrected chi connectivity index (χ3v) is 3.06. The van der Waals surface area contributed by atoms with Crippen molar-refractivity contribution < 1.29 is 4.79 Å². The highest BCUT2D eigenvalue weighted by Gasteiger charge is 2.13. The van der Waals surface area contributed by atoms with Crippen LogP contribution in [-0.2, 0) is 0 Å². The second kappa shape index (κ2) is 5.57. The number of primary amides is 1. The molecule has 17 heavy (non-hydrogen) atoms. The summed E-state index contributed by atoms with van der Waals surface area (Å²) in [5, 5.41) is 0. The molecule has 1 rings (SSSR count). The molecule has 0 aromatic heterocycles. The molecule has 0 bridgehead atoms. The number of carbonyl (C=O) groups is 1. The van der Waals surface area contributed by atoms with E-state index >= 15 is 0 Å². The van der Waals surface area contributed by atoms with Crippen LogP contribution in [0.2, 0.25) is 0 Å². The molecule has 1 amide bonds. The van der Waals surface area contributed by atoms with Crippen LogP contribution in [0.3, 0.4) is 0 Å². The van der Waals surface area contributed by atoms with E-state index in [2.05, 4.69) is 18.7 Å². The quantitative estimate of drug-likeness (QED) is 0.767. The first-order chi connectivity index (χ1) is 7.97. The predicted octanol–water partition coefficient (Wildman–Crippen LogP) is 1.99. The largest absolute Gasteiger partial charge is 0.397 e. The number of hydrogen-bond acceptors (Lipinski definition) is 3. The third kappa shape index (κ3) is 3.12. The lowest BCUT2D eigenvalue weighted by Gasteiger charge is -2.28.